The maximum Gasteiger partial charge on any atom is 0.135 e. The van der Waals surface area contributed by atoms with E-state index in [1.807, 2.05) is 6.92 Å². The van der Waals surface area contributed by atoms with Crippen molar-refractivity contribution >= 4 is 5.78 Å². The average molecular weight is 240 g/mol. The smallest absolute Gasteiger partial charge is 0.135 e. The van der Waals surface area contributed by atoms with Crippen LogP contribution in [0.5, 0.6) is 0 Å². The molecule has 0 aromatic carbocycles. The molecule has 0 spiro atoms. The predicted octanol–water partition coefficient (Wildman–Crippen LogP) is 5.52. The number of rotatable bonds is 12. The molecule has 0 rings (SSSR count). The molecule has 0 heterocycles. The highest BCUT2D eigenvalue weighted by atomic mass is 16.1. The molecule has 0 amide bonds. The number of carbonyl (C=O) groups excluding carboxylic acids is 1. The second kappa shape index (κ2) is 12.1. The lowest BCUT2D eigenvalue weighted by Crippen LogP contribution is -2.13. The van der Waals surface area contributed by atoms with Crippen molar-refractivity contribution in [1.29, 1.82) is 0 Å². The van der Waals surface area contributed by atoms with E-state index in [1.54, 1.807) is 0 Å². The summed E-state index contributed by atoms with van der Waals surface area (Å²) in [5.74, 6) is 0.867. The molecule has 0 fully saturated rings. The van der Waals surface area contributed by atoms with Crippen LogP contribution in [-0.4, -0.2) is 5.78 Å². The van der Waals surface area contributed by atoms with Gasteiger partial charge in [-0.15, -0.1) is 0 Å². The molecule has 0 N–H and O–H groups in total. The third-order valence-electron chi connectivity index (χ3n) is 3.62. The predicted molar refractivity (Wildman–Crippen MR) is 76.3 cm³/mol. The SMILES string of the molecule is CCCCCCC(CCCCCC)C(=O)CC. The van der Waals surface area contributed by atoms with Crippen LogP contribution in [0.25, 0.3) is 0 Å². The Bertz CT molecular complexity index is 162. The molecule has 0 unspecified atom stereocenters. The van der Waals surface area contributed by atoms with Crippen LogP contribution >= 0.6 is 0 Å². The minimum absolute atomic E-state index is 0.369. The number of hydrogen-bond acceptors (Lipinski definition) is 1. The van der Waals surface area contributed by atoms with Gasteiger partial charge in [-0.2, -0.15) is 0 Å². The molecular weight excluding hydrogens is 208 g/mol. The monoisotopic (exact) mass is 240 g/mol. The largest absolute Gasteiger partial charge is 0.299 e. The van der Waals surface area contributed by atoms with Crippen LogP contribution in [0, 0.1) is 5.92 Å². The van der Waals surface area contributed by atoms with E-state index in [-0.39, 0.29) is 0 Å². The summed E-state index contributed by atoms with van der Waals surface area (Å²) < 4.78 is 0. The van der Waals surface area contributed by atoms with Crippen molar-refractivity contribution in [2.24, 2.45) is 5.92 Å². The van der Waals surface area contributed by atoms with Gasteiger partial charge in [-0.25, -0.2) is 0 Å². The van der Waals surface area contributed by atoms with Crippen molar-refractivity contribution in [3.05, 3.63) is 0 Å². The lowest BCUT2D eigenvalue weighted by Gasteiger charge is -2.14. The molecule has 0 aliphatic rings. The van der Waals surface area contributed by atoms with Crippen molar-refractivity contribution in [3.8, 4) is 0 Å². The summed E-state index contributed by atoms with van der Waals surface area (Å²) in [7, 11) is 0. The third-order valence-corrected chi connectivity index (χ3v) is 3.62. The van der Waals surface area contributed by atoms with Crippen LogP contribution in [0.3, 0.4) is 0 Å². The molecule has 0 aliphatic heterocycles. The second-order valence-corrected chi connectivity index (χ2v) is 5.22. The lowest BCUT2D eigenvalue weighted by molar-refractivity contribution is -0.123. The van der Waals surface area contributed by atoms with E-state index in [0.29, 0.717) is 11.7 Å². The zero-order valence-corrected chi connectivity index (χ0v) is 12.3. The van der Waals surface area contributed by atoms with E-state index in [1.165, 1.54) is 51.4 Å². The minimum atomic E-state index is 0.369. The molecule has 102 valence electrons. The highest BCUT2D eigenvalue weighted by Gasteiger charge is 2.15. The van der Waals surface area contributed by atoms with Crippen molar-refractivity contribution in [3.63, 3.8) is 0 Å². The van der Waals surface area contributed by atoms with E-state index in [0.717, 1.165) is 19.3 Å². The molecular formula is C16H32O. The highest BCUT2D eigenvalue weighted by molar-refractivity contribution is 5.80. The maximum atomic E-state index is 11.8. The molecule has 0 bridgehead atoms. The summed E-state index contributed by atoms with van der Waals surface area (Å²) in [6, 6.07) is 0. The Morgan fingerprint density at radius 3 is 1.59 bits per heavy atom. The summed E-state index contributed by atoms with van der Waals surface area (Å²) in [5.41, 5.74) is 0. The zero-order valence-electron chi connectivity index (χ0n) is 12.3. The van der Waals surface area contributed by atoms with E-state index >= 15 is 0 Å². The zero-order chi connectivity index (χ0) is 12.9. The van der Waals surface area contributed by atoms with Crippen LogP contribution in [-0.2, 0) is 4.79 Å². The first-order chi connectivity index (χ1) is 8.26. The molecule has 0 saturated carbocycles. The van der Waals surface area contributed by atoms with Gasteiger partial charge in [-0.1, -0.05) is 72.1 Å². The lowest BCUT2D eigenvalue weighted by atomic mass is 9.90. The maximum absolute atomic E-state index is 11.8. The van der Waals surface area contributed by atoms with E-state index in [2.05, 4.69) is 13.8 Å². The van der Waals surface area contributed by atoms with Gasteiger partial charge in [0.05, 0.1) is 0 Å². The molecule has 0 atom stereocenters. The fraction of sp³-hybridized carbons (Fsp3) is 0.938. The molecule has 0 saturated heterocycles. The minimum Gasteiger partial charge on any atom is -0.299 e. The number of Topliss-reactive ketones (excluding diaryl/α,β-unsaturated/α-hetero) is 1. The Morgan fingerprint density at radius 2 is 1.24 bits per heavy atom. The van der Waals surface area contributed by atoms with Gasteiger partial charge in [0, 0.05) is 12.3 Å². The number of hydrogen-bond donors (Lipinski definition) is 0. The van der Waals surface area contributed by atoms with Gasteiger partial charge in [0.25, 0.3) is 0 Å². The fourth-order valence-electron chi connectivity index (χ4n) is 2.39. The molecule has 0 aliphatic carbocycles. The van der Waals surface area contributed by atoms with Gasteiger partial charge in [-0.3, -0.25) is 4.79 Å². The number of ketones is 1. The molecule has 0 radical (unpaired) electrons. The molecule has 0 aromatic heterocycles. The van der Waals surface area contributed by atoms with Crippen LogP contribution in [0.15, 0.2) is 0 Å². The summed E-state index contributed by atoms with van der Waals surface area (Å²) in [6.07, 6.45) is 13.3. The Hall–Kier alpha value is -0.330. The third kappa shape index (κ3) is 9.38. The first-order valence-electron chi connectivity index (χ1n) is 7.78. The van der Waals surface area contributed by atoms with Gasteiger partial charge < -0.3 is 0 Å². The van der Waals surface area contributed by atoms with E-state index < -0.39 is 0 Å². The van der Waals surface area contributed by atoms with Crippen molar-refractivity contribution in [2.75, 3.05) is 0 Å². The Balaban J connectivity index is 3.76. The average Bonchev–Trinajstić information content (AvgIpc) is 2.36. The topological polar surface area (TPSA) is 17.1 Å². The van der Waals surface area contributed by atoms with Crippen LogP contribution in [0.4, 0.5) is 0 Å². The van der Waals surface area contributed by atoms with Gasteiger partial charge in [0.2, 0.25) is 0 Å². The van der Waals surface area contributed by atoms with Crippen molar-refractivity contribution in [1.82, 2.24) is 0 Å². The van der Waals surface area contributed by atoms with Gasteiger partial charge in [0.1, 0.15) is 5.78 Å². The van der Waals surface area contributed by atoms with Crippen molar-refractivity contribution < 1.29 is 4.79 Å². The van der Waals surface area contributed by atoms with Crippen LogP contribution in [0.1, 0.15) is 91.4 Å². The standard InChI is InChI=1S/C16H32O/c1-4-7-9-11-13-15(16(17)6-3)14-12-10-8-5-2/h15H,4-14H2,1-3H3. The fourth-order valence-corrected chi connectivity index (χ4v) is 2.39. The van der Waals surface area contributed by atoms with Gasteiger partial charge in [0.15, 0.2) is 0 Å². The highest BCUT2D eigenvalue weighted by Crippen LogP contribution is 2.20. The van der Waals surface area contributed by atoms with Crippen LogP contribution < -0.4 is 0 Å². The normalized spacial score (nSPS) is 11.1. The summed E-state index contributed by atoms with van der Waals surface area (Å²) in [5, 5.41) is 0. The van der Waals surface area contributed by atoms with E-state index in [4.69, 9.17) is 0 Å². The second-order valence-electron chi connectivity index (χ2n) is 5.22. The Morgan fingerprint density at radius 1 is 0.765 bits per heavy atom. The molecule has 0 aromatic rings. The first kappa shape index (κ1) is 16.7. The summed E-state index contributed by atoms with van der Waals surface area (Å²) in [4.78, 5) is 11.8. The molecule has 17 heavy (non-hydrogen) atoms. The van der Waals surface area contributed by atoms with Gasteiger partial charge >= 0.3 is 0 Å². The first-order valence-corrected chi connectivity index (χ1v) is 7.78. The Kier molecular flexibility index (Phi) is 11.9. The van der Waals surface area contributed by atoms with Crippen molar-refractivity contribution in [2.45, 2.75) is 91.4 Å². The summed E-state index contributed by atoms with van der Waals surface area (Å²) in [6.45, 7) is 6.48. The quantitative estimate of drug-likeness (QED) is 0.410. The Labute approximate surface area is 108 Å². The molecule has 1 heteroatoms. The summed E-state index contributed by atoms with van der Waals surface area (Å²) >= 11 is 0. The van der Waals surface area contributed by atoms with Gasteiger partial charge in [-0.05, 0) is 12.8 Å². The number of carbonyl (C=O) groups is 1. The number of unbranched alkanes of at least 4 members (excludes halogenated alkanes) is 6. The molecule has 1 nitrogen and oxygen atoms in total. The van der Waals surface area contributed by atoms with E-state index in [9.17, 15) is 4.79 Å². The van der Waals surface area contributed by atoms with Crippen LogP contribution in [0.2, 0.25) is 0 Å².